The zero-order valence-corrected chi connectivity index (χ0v) is 9.09. The molecule has 14 heavy (non-hydrogen) atoms. The highest BCUT2D eigenvalue weighted by molar-refractivity contribution is 5.27. The van der Waals surface area contributed by atoms with Gasteiger partial charge in [0.15, 0.2) is 0 Å². The summed E-state index contributed by atoms with van der Waals surface area (Å²) in [7, 11) is 0. The number of hydrogen-bond acceptors (Lipinski definition) is 1. The molecule has 2 unspecified atom stereocenters. The van der Waals surface area contributed by atoms with E-state index in [1.807, 2.05) is 0 Å². The summed E-state index contributed by atoms with van der Waals surface area (Å²) in [5.74, 6) is 0.892. The van der Waals surface area contributed by atoms with E-state index in [1.54, 1.807) is 0 Å². The standard InChI is InChI=1S/C13H19N/c1-3-11-6-4-5-7-12(11)9-14-13-8-10(13)2/h4-7,10,13-14H,3,8-9H2,1-2H3. The summed E-state index contributed by atoms with van der Waals surface area (Å²) in [4.78, 5) is 0. The summed E-state index contributed by atoms with van der Waals surface area (Å²) >= 11 is 0. The van der Waals surface area contributed by atoms with E-state index < -0.39 is 0 Å². The van der Waals surface area contributed by atoms with Gasteiger partial charge in [-0.2, -0.15) is 0 Å². The molecule has 0 heterocycles. The van der Waals surface area contributed by atoms with Gasteiger partial charge in [0.2, 0.25) is 0 Å². The van der Waals surface area contributed by atoms with Crippen LogP contribution in [0.3, 0.4) is 0 Å². The van der Waals surface area contributed by atoms with Gasteiger partial charge in [0.25, 0.3) is 0 Å². The SMILES string of the molecule is CCc1ccccc1CNC1CC1C. The van der Waals surface area contributed by atoms with Crippen LogP contribution >= 0.6 is 0 Å². The molecule has 2 atom stereocenters. The fraction of sp³-hybridized carbons (Fsp3) is 0.538. The lowest BCUT2D eigenvalue weighted by Gasteiger charge is -2.08. The molecule has 1 aromatic carbocycles. The molecule has 1 aliphatic rings. The molecule has 0 amide bonds. The topological polar surface area (TPSA) is 12.0 Å². The van der Waals surface area contributed by atoms with Crippen LogP contribution in [0.25, 0.3) is 0 Å². The molecule has 0 aromatic heterocycles. The zero-order chi connectivity index (χ0) is 9.97. The average molecular weight is 189 g/mol. The predicted molar refractivity (Wildman–Crippen MR) is 60.2 cm³/mol. The van der Waals surface area contributed by atoms with Gasteiger partial charge < -0.3 is 5.32 Å². The molecule has 1 N–H and O–H groups in total. The van der Waals surface area contributed by atoms with E-state index in [0.29, 0.717) is 0 Å². The molecule has 0 aliphatic heterocycles. The van der Waals surface area contributed by atoms with Crippen LogP contribution in [0.5, 0.6) is 0 Å². The van der Waals surface area contributed by atoms with E-state index >= 15 is 0 Å². The molecular weight excluding hydrogens is 170 g/mol. The Morgan fingerprint density at radius 1 is 1.29 bits per heavy atom. The maximum Gasteiger partial charge on any atom is 0.0210 e. The van der Waals surface area contributed by atoms with Crippen molar-refractivity contribution >= 4 is 0 Å². The molecule has 1 aliphatic carbocycles. The van der Waals surface area contributed by atoms with Crippen molar-refractivity contribution in [1.29, 1.82) is 0 Å². The first-order valence-corrected chi connectivity index (χ1v) is 5.61. The third kappa shape index (κ3) is 2.16. The van der Waals surface area contributed by atoms with Gasteiger partial charge in [-0.25, -0.2) is 0 Å². The minimum Gasteiger partial charge on any atom is -0.310 e. The predicted octanol–water partition coefficient (Wildman–Crippen LogP) is 2.75. The highest BCUT2D eigenvalue weighted by Crippen LogP contribution is 2.29. The van der Waals surface area contributed by atoms with Gasteiger partial charge in [-0.3, -0.25) is 0 Å². The molecule has 1 fully saturated rings. The third-order valence-corrected chi connectivity index (χ3v) is 3.16. The lowest BCUT2D eigenvalue weighted by atomic mass is 10.1. The molecule has 0 radical (unpaired) electrons. The van der Waals surface area contributed by atoms with Crippen molar-refractivity contribution in [3.8, 4) is 0 Å². The number of rotatable bonds is 4. The van der Waals surface area contributed by atoms with Crippen molar-refractivity contribution < 1.29 is 0 Å². The van der Waals surface area contributed by atoms with Gasteiger partial charge in [-0.05, 0) is 29.9 Å². The summed E-state index contributed by atoms with van der Waals surface area (Å²) in [5.41, 5.74) is 2.95. The second kappa shape index (κ2) is 4.14. The van der Waals surface area contributed by atoms with Crippen LogP contribution in [0.2, 0.25) is 0 Å². The van der Waals surface area contributed by atoms with E-state index in [9.17, 15) is 0 Å². The zero-order valence-electron chi connectivity index (χ0n) is 9.09. The maximum absolute atomic E-state index is 3.60. The summed E-state index contributed by atoms with van der Waals surface area (Å²) in [6.45, 7) is 5.57. The van der Waals surface area contributed by atoms with E-state index in [0.717, 1.165) is 24.9 Å². The Hall–Kier alpha value is -0.820. The normalized spacial score (nSPS) is 25.0. The van der Waals surface area contributed by atoms with Crippen molar-refractivity contribution in [2.75, 3.05) is 0 Å². The van der Waals surface area contributed by atoms with E-state index in [2.05, 4.69) is 43.4 Å². The van der Waals surface area contributed by atoms with Crippen LogP contribution in [0.4, 0.5) is 0 Å². The van der Waals surface area contributed by atoms with Crippen LogP contribution in [-0.4, -0.2) is 6.04 Å². The van der Waals surface area contributed by atoms with Gasteiger partial charge in [-0.15, -0.1) is 0 Å². The van der Waals surface area contributed by atoms with Crippen molar-refractivity contribution in [3.05, 3.63) is 35.4 Å². The molecule has 1 nitrogen and oxygen atoms in total. The Morgan fingerprint density at radius 2 is 1.93 bits per heavy atom. The van der Waals surface area contributed by atoms with Crippen LogP contribution < -0.4 is 5.32 Å². The van der Waals surface area contributed by atoms with Gasteiger partial charge in [0.05, 0.1) is 0 Å². The average Bonchev–Trinajstić information content (AvgIpc) is 2.92. The Kier molecular flexibility index (Phi) is 2.87. The molecule has 1 saturated carbocycles. The molecule has 0 bridgehead atoms. The number of hydrogen-bond donors (Lipinski definition) is 1. The molecule has 1 aromatic rings. The van der Waals surface area contributed by atoms with Gasteiger partial charge >= 0.3 is 0 Å². The van der Waals surface area contributed by atoms with Crippen molar-refractivity contribution in [2.24, 2.45) is 5.92 Å². The second-order valence-corrected chi connectivity index (χ2v) is 4.32. The highest BCUT2D eigenvalue weighted by atomic mass is 15.0. The first-order valence-electron chi connectivity index (χ1n) is 5.61. The van der Waals surface area contributed by atoms with Gasteiger partial charge in [0, 0.05) is 12.6 Å². The number of nitrogens with one attached hydrogen (secondary N) is 1. The lowest BCUT2D eigenvalue weighted by Crippen LogP contribution is -2.17. The van der Waals surface area contributed by atoms with Gasteiger partial charge in [-0.1, -0.05) is 38.1 Å². The first kappa shape index (κ1) is 9.72. The summed E-state index contributed by atoms with van der Waals surface area (Å²) < 4.78 is 0. The maximum atomic E-state index is 3.60. The fourth-order valence-electron chi connectivity index (χ4n) is 1.92. The quantitative estimate of drug-likeness (QED) is 0.768. The molecule has 1 heteroatoms. The van der Waals surface area contributed by atoms with Crippen LogP contribution in [0.1, 0.15) is 31.4 Å². The first-order chi connectivity index (χ1) is 6.81. The van der Waals surface area contributed by atoms with Crippen molar-refractivity contribution in [3.63, 3.8) is 0 Å². The van der Waals surface area contributed by atoms with Crippen LogP contribution in [0, 0.1) is 5.92 Å². The molecule has 2 rings (SSSR count). The van der Waals surface area contributed by atoms with E-state index in [4.69, 9.17) is 0 Å². The highest BCUT2D eigenvalue weighted by Gasteiger charge is 2.31. The third-order valence-electron chi connectivity index (χ3n) is 3.16. The number of aryl methyl sites for hydroxylation is 1. The van der Waals surface area contributed by atoms with Crippen molar-refractivity contribution in [1.82, 2.24) is 5.32 Å². The van der Waals surface area contributed by atoms with Crippen LogP contribution in [0.15, 0.2) is 24.3 Å². The van der Waals surface area contributed by atoms with Crippen LogP contribution in [-0.2, 0) is 13.0 Å². The van der Waals surface area contributed by atoms with E-state index in [-0.39, 0.29) is 0 Å². The molecule has 0 spiro atoms. The largest absolute Gasteiger partial charge is 0.310 e. The summed E-state index contributed by atoms with van der Waals surface area (Å²) in [6, 6.07) is 9.50. The smallest absolute Gasteiger partial charge is 0.0210 e. The molecule has 0 saturated heterocycles. The summed E-state index contributed by atoms with van der Waals surface area (Å²) in [6.07, 6.45) is 2.49. The molecular formula is C13H19N. The Balaban J connectivity index is 1.94. The molecule has 76 valence electrons. The minimum absolute atomic E-state index is 0.778. The monoisotopic (exact) mass is 189 g/mol. The second-order valence-electron chi connectivity index (χ2n) is 4.32. The fourth-order valence-corrected chi connectivity index (χ4v) is 1.92. The van der Waals surface area contributed by atoms with Crippen molar-refractivity contribution in [2.45, 2.75) is 39.3 Å². The Bertz CT molecular complexity index is 306. The Labute approximate surface area is 86.5 Å². The Morgan fingerprint density at radius 3 is 2.50 bits per heavy atom. The number of benzene rings is 1. The minimum atomic E-state index is 0.778. The summed E-state index contributed by atoms with van der Waals surface area (Å²) in [5, 5.41) is 3.60. The van der Waals surface area contributed by atoms with E-state index in [1.165, 1.54) is 17.5 Å². The van der Waals surface area contributed by atoms with Gasteiger partial charge in [0.1, 0.15) is 0 Å². The lowest BCUT2D eigenvalue weighted by molar-refractivity contribution is 0.649.